The van der Waals surface area contributed by atoms with Gasteiger partial charge in [-0.15, -0.1) is 12.4 Å². The lowest BCUT2D eigenvalue weighted by Crippen LogP contribution is -2.44. The Kier molecular flexibility index (Phi) is 6.09. The summed E-state index contributed by atoms with van der Waals surface area (Å²) in [6, 6.07) is 8.52. The fraction of sp³-hybridized carbons (Fsp3) is 0.625. The Morgan fingerprint density at radius 2 is 2.14 bits per heavy atom. The summed E-state index contributed by atoms with van der Waals surface area (Å²) in [5.41, 5.74) is 1.72. The predicted molar refractivity (Wildman–Crippen MR) is 92.1 cm³/mol. The Hall–Kier alpha value is -0.130. The molecule has 5 heteroatoms. The third-order valence-electron chi connectivity index (χ3n) is 4.45. The van der Waals surface area contributed by atoms with Crippen LogP contribution in [0, 0.1) is 5.41 Å². The third-order valence-corrected chi connectivity index (χ3v) is 4.98. The van der Waals surface area contributed by atoms with Gasteiger partial charge < -0.3 is 10.1 Å². The average Bonchev–Trinajstić information content (AvgIpc) is 2.86. The van der Waals surface area contributed by atoms with E-state index in [1.165, 1.54) is 18.5 Å². The van der Waals surface area contributed by atoms with Gasteiger partial charge in [-0.3, -0.25) is 4.90 Å². The Balaban J connectivity index is 0.00000161. The van der Waals surface area contributed by atoms with Crippen molar-refractivity contribution in [3.63, 3.8) is 0 Å². The fourth-order valence-corrected chi connectivity index (χ4v) is 3.53. The Morgan fingerprint density at radius 1 is 1.38 bits per heavy atom. The first kappa shape index (κ1) is 17.2. The van der Waals surface area contributed by atoms with E-state index in [1.807, 2.05) is 0 Å². The van der Waals surface area contributed by atoms with Crippen molar-refractivity contribution in [2.45, 2.75) is 19.4 Å². The lowest BCUT2D eigenvalue weighted by molar-refractivity contribution is -0.0400. The van der Waals surface area contributed by atoms with Crippen LogP contribution < -0.4 is 5.32 Å². The number of nitrogens with zero attached hydrogens (tertiary/aromatic N) is 1. The topological polar surface area (TPSA) is 24.5 Å². The fourth-order valence-electron chi connectivity index (χ4n) is 3.27. The van der Waals surface area contributed by atoms with E-state index in [0.717, 1.165) is 37.3 Å². The lowest BCUT2D eigenvalue weighted by atomic mass is 9.89. The highest BCUT2D eigenvalue weighted by Crippen LogP contribution is 2.29. The molecule has 3 nitrogen and oxygen atoms in total. The van der Waals surface area contributed by atoms with Gasteiger partial charge in [0, 0.05) is 30.7 Å². The van der Waals surface area contributed by atoms with Crippen LogP contribution in [0.3, 0.4) is 0 Å². The zero-order valence-corrected chi connectivity index (χ0v) is 14.9. The van der Waals surface area contributed by atoms with Gasteiger partial charge in [0.15, 0.2) is 0 Å². The van der Waals surface area contributed by atoms with E-state index in [1.54, 1.807) is 0 Å². The van der Waals surface area contributed by atoms with Crippen LogP contribution in [0.2, 0.25) is 0 Å². The van der Waals surface area contributed by atoms with Crippen molar-refractivity contribution in [2.24, 2.45) is 5.41 Å². The minimum Gasteiger partial charge on any atom is -0.371 e. The molecule has 0 bridgehead atoms. The van der Waals surface area contributed by atoms with E-state index < -0.39 is 0 Å². The SMILES string of the molecule is CC1(CN2CCOC(c3ccc(Br)cc3)C2)CCNC1.Cl. The van der Waals surface area contributed by atoms with Gasteiger partial charge in [0.1, 0.15) is 0 Å². The van der Waals surface area contributed by atoms with E-state index in [0.29, 0.717) is 5.41 Å². The number of halogens is 2. The summed E-state index contributed by atoms with van der Waals surface area (Å²) in [4.78, 5) is 2.57. The number of rotatable bonds is 3. The van der Waals surface area contributed by atoms with Crippen LogP contribution >= 0.6 is 28.3 Å². The second-order valence-corrected chi connectivity index (χ2v) is 7.30. The molecule has 2 atom stereocenters. The van der Waals surface area contributed by atoms with Gasteiger partial charge in [0.05, 0.1) is 12.7 Å². The van der Waals surface area contributed by atoms with Gasteiger partial charge in [-0.2, -0.15) is 0 Å². The second-order valence-electron chi connectivity index (χ2n) is 6.38. The third kappa shape index (κ3) is 4.42. The van der Waals surface area contributed by atoms with Gasteiger partial charge >= 0.3 is 0 Å². The molecule has 1 aromatic carbocycles. The maximum Gasteiger partial charge on any atom is 0.0952 e. The molecule has 0 saturated carbocycles. The molecule has 1 N–H and O–H groups in total. The molecule has 0 aromatic heterocycles. The van der Waals surface area contributed by atoms with Crippen molar-refractivity contribution >= 4 is 28.3 Å². The highest BCUT2D eigenvalue weighted by molar-refractivity contribution is 9.10. The van der Waals surface area contributed by atoms with Crippen LogP contribution in [0.15, 0.2) is 28.7 Å². The van der Waals surface area contributed by atoms with Crippen LogP contribution in [-0.4, -0.2) is 44.2 Å². The molecule has 0 aliphatic carbocycles. The monoisotopic (exact) mass is 374 g/mol. The molecule has 2 aliphatic heterocycles. The quantitative estimate of drug-likeness (QED) is 0.878. The van der Waals surface area contributed by atoms with Gasteiger partial charge in [0.2, 0.25) is 0 Å². The first-order valence-electron chi connectivity index (χ1n) is 7.45. The first-order chi connectivity index (χ1) is 9.65. The summed E-state index contributed by atoms with van der Waals surface area (Å²) in [5.74, 6) is 0. The maximum absolute atomic E-state index is 5.96. The smallest absolute Gasteiger partial charge is 0.0952 e. The molecule has 2 saturated heterocycles. The molecule has 118 valence electrons. The van der Waals surface area contributed by atoms with E-state index >= 15 is 0 Å². The van der Waals surface area contributed by atoms with E-state index in [4.69, 9.17) is 4.74 Å². The van der Waals surface area contributed by atoms with Crippen LogP contribution in [-0.2, 0) is 4.74 Å². The van der Waals surface area contributed by atoms with Gasteiger partial charge in [-0.25, -0.2) is 0 Å². The summed E-state index contributed by atoms with van der Waals surface area (Å²) in [5, 5.41) is 3.49. The summed E-state index contributed by atoms with van der Waals surface area (Å²) in [6.07, 6.45) is 1.50. The summed E-state index contributed by atoms with van der Waals surface area (Å²) in [7, 11) is 0. The van der Waals surface area contributed by atoms with Gasteiger partial charge in [0.25, 0.3) is 0 Å². The summed E-state index contributed by atoms with van der Waals surface area (Å²) < 4.78 is 7.08. The Bertz CT molecular complexity index is 448. The zero-order chi connectivity index (χ0) is 14.0. The normalized spacial score (nSPS) is 30.1. The minimum absolute atomic E-state index is 0. The molecule has 0 amide bonds. The first-order valence-corrected chi connectivity index (χ1v) is 8.24. The zero-order valence-electron chi connectivity index (χ0n) is 12.5. The number of hydrogen-bond donors (Lipinski definition) is 1. The van der Waals surface area contributed by atoms with Crippen molar-refractivity contribution < 1.29 is 4.74 Å². The molecule has 2 heterocycles. The van der Waals surface area contributed by atoms with Crippen molar-refractivity contribution in [3.8, 4) is 0 Å². The Labute approximate surface area is 142 Å². The number of benzene rings is 1. The van der Waals surface area contributed by atoms with Crippen LogP contribution in [0.4, 0.5) is 0 Å². The van der Waals surface area contributed by atoms with Crippen molar-refractivity contribution in [2.75, 3.05) is 39.3 Å². The van der Waals surface area contributed by atoms with Crippen molar-refractivity contribution in [1.29, 1.82) is 0 Å². The molecule has 21 heavy (non-hydrogen) atoms. The molecule has 2 unspecified atom stereocenters. The lowest BCUT2D eigenvalue weighted by Gasteiger charge is -2.37. The highest BCUT2D eigenvalue weighted by atomic mass is 79.9. The Morgan fingerprint density at radius 3 is 2.81 bits per heavy atom. The largest absolute Gasteiger partial charge is 0.371 e. The second kappa shape index (κ2) is 7.42. The predicted octanol–water partition coefficient (Wildman–Crippen LogP) is 3.24. The minimum atomic E-state index is 0. The van der Waals surface area contributed by atoms with Crippen LogP contribution in [0.1, 0.15) is 25.0 Å². The molecule has 0 radical (unpaired) electrons. The summed E-state index contributed by atoms with van der Waals surface area (Å²) >= 11 is 3.49. The molecule has 3 rings (SSSR count). The van der Waals surface area contributed by atoms with Crippen LogP contribution in [0.25, 0.3) is 0 Å². The standard InChI is InChI=1S/C16H23BrN2O.ClH/c1-16(6-7-18-11-16)12-19-8-9-20-15(10-19)13-2-4-14(17)5-3-13;/h2-5,15,18H,6-12H2,1H3;1H. The maximum atomic E-state index is 5.96. The van der Waals surface area contributed by atoms with E-state index in [2.05, 4.69) is 57.3 Å². The number of morpholine rings is 1. The molecule has 0 spiro atoms. The average molecular weight is 376 g/mol. The number of hydrogen-bond acceptors (Lipinski definition) is 3. The molecular formula is C16H24BrClN2O. The molecular weight excluding hydrogens is 352 g/mol. The van der Waals surface area contributed by atoms with Gasteiger partial charge in [-0.1, -0.05) is 35.0 Å². The van der Waals surface area contributed by atoms with Crippen molar-refractivity contribution in [3.05, 3.63) is 34.3 Å². The van der Waals surface area contributed by atoms with Gasteiger partial charge in [-0.05, 0) is 36.1 Å². The summed E-state index contributed by atoms with van der Waals surface area (Å²) in [6.45, 7) is 8.79. The molecule has 2 aliphatic rings. The van der Waals surface area contributed by atoms with E-state index in [-0.39, 0.29) is 18.5 Å². The van der Waals surface area contributed by atoms with E-state index in [9.17, 15) is 0 Å². The van der Waals surface area contributed by atoms with Crippen molar-refractivity contribution in [1.82, 2.24) is 10.2 Å². The molecule has 2 fully saturated rings. The number of nitrogens with one attached hydrogen (secondary N) is 1. The molecule has 1 aromatic rings. The van der Waals surface area contributed by atoms with Crippen LogP contribution in [0.5, 0.6) is 0 Å². The number of ether oxygens (including phenoxy) is 1. The highest BCUT2D eigenvalue weighted by Gasteiger charge is 2.32.